The predicted molar refractivity (Wildman–Crippen MR) is 113 cm³/mol. The minimum Gasteiger partial charge on any atom is -0.489 e. The molecule has 0 bridgehead atoms. The summed E-state index contributed by atoms with van der Waals surface area (Å²) in [5, 5.41) is 3.31. The molecule has 6 heteroatoms. The summed E-state index contributed by atoms with van der Waals surface area (Å²) < 4.78 is 5.88. The highest BCUT2D eigenvalue weighted by Gasteiger charge is 2.10. The van der Waals surface area contributed by atoms with E-state index in [1.165, 1.54) is 5.56 Å². The number of hydrogen-bond donors (Lipinski definition) is 1. The number of hydrogen-bond acceptors (Lipinski definition) is 6. The van der Waals surface area contributed by atoms with E-state index in [1.54, 1.807) is 0 Å². The largest absolute Gasteiger partial charge is 0.489 e. The quantitative estimate of drug-likeness (QED) is 0.628. The molecule has 0 saturated heterocycles. The van der Waals surface area contributed by atoms with Crippen molar-refractivity contribution in [3.8, 4) is 5.75 Å². The molecular weight excluding hydrogens is 350 g/mol. The Morgan fingerprint density at radius 1 is 1.07 bits per heavy atom. The number of nitrogens with zero attached hydrogens (tertiary/aromatic N) is 4. The highest BCUT2D eigenvalue weighted by atomic mass is 16.5. The van der Waals surface area contributed by atoms with Crippen molar-refractivity contribution in [2.45, 2.75) is 33.3 Å². The first kappa shape index (κ1) is 19.6. The standard InChI is InChI=1S/C22H27N5O/c1-16(2)28-20-8-6-5-7-19(20)25-22-24-17(3)15-21(26-22)27(4)14-11-18-9-12-23-13-10-18/h5-10,12-13,15-16H,11,14H2,1-4H3,(H,24,25,26). The molecule has 0 unspecified atom stereocenters. The van der Waals surface area contributed by atoms with E-state index in [-0.39, 0.29) is 6.10 Å². The van der Waals surface area contributed by atoms with E-state index in [4.69, 9.17) is 9.72 Å². The highest BCUT2D eigenvalue weighted by molar-refractivity contribution is 5.63. The maximum atomic E-state index is 5.88. The van der Waals surface area contributed by atoms with Gasteiger partial charge >= 0.3 is 0 Å². The van der Waals surface area contributed by atoms with Gasteiger partial charge in [-0.2, -0.15) is 4.98 Å². The average Bonchev–Trinajstić information content (AvgIpc) is 2.67. The van der Waals surface area contributed by atoms with Crippen molar-refractivity contribution in [3.05, 3.63) is 66.1 Å². The number of anilines is 3. The average molecular weight is 377 g/mol. The van der Waals surface area contributed by atoms with Gasteiger partial charge in [0.15, 0.2) is 0 Å². The molecule has 1 aromatic carbocycles. The second kappa shape index (κ2) is 9.17. The Labute approximate surface area is 166 Å². The second-order valence-electron chi connectivity index (χ2n) is 7.01. The minimum atomic E-state index is 0.0938. The lowest BCUT2D eigenvalue weighted by Gasteiger charge is -2.20. The molecule has 146 valence electrons. The fraction of sp³-hybridized carbons (Fsp3) is 0.318. The van der Waals surface area contributed by atoms with Gasteiger partial charge in [0.05, 0.1) is 11.8 Å². The summed E-state index contributed by atoms with van der Waals surface area (Å²) in [6.45, 7) is 6.85. The molecule has 0 radical (unpaired) electrons. The predicted octanol–water partition coefficient (Wildman–Crippen LogP) is 4.39. The molecule has 3 rings (SSSR count). The van der Waals surface area contributed by atoms with Gasteiger partial charge in [0.25, 0.3) is 0 Å². The Hall–Kier alpha value is -3.15. The summed E-state index contributed by atoms with van der Waals surface area (Å²) in [6.07, 6.45) is 4.66. The van der Waals surface area contributed by atoms with Gasteiger partial charge in [-0.3, -0.25) is 4.98 Å². The van der Waals surface area contributed by atoms with Gasteiger partial charge in [-0.15, -0.1) is 0 Å². The van der Waals surface area contributed by atoms with E-state index in [0.717, 1.165) is 35.9 Å². The van der Waals surface area contributed by atoms with Gasteiger partial charge in [0.2, 0.25) is 5.95 Å². The van der Waals surface area contributed by atoms with Crippen molar-refractivity contribution in [1.82, 2.24) is 15.0 Å². The van der Waals surface area contributed by atoms with E-state index in [0.29, 0.717) is 5.95 Å². The number of ether oxygens (including phenoxy) is 1. The Balaban J connectivity index is 1.74. The maximum Gasteiger partial charge on any atom is 0.229 e. The summed E-state index contributed by atoms with van der Waals surface area (Å²) in [5.74, 6) is 2.23. The topological polar surface area (TPSA) is 63.2 Å². The molecule has 2 heterocycles. The summed E-state index contributed by atoms with van der Waals surface area (Å²) >= 11 is 0. The lowest BCUT2D eigenvalue weighted by Crippen LogP contribution is -2.22. The first-order valence-electron chi connectivity index (χ1n) is 9.49. The van der Waals surface area contributed by atoms with E-state index in [1.807, 2.05) is 82.7 Å². The van der Waals surface area contributed by atoms with Crippen LogP contribution >= 0.6 is 0 Å². The minimum absolute atomic E-state index is 0.0938. The van der Waals surface area contributed by atoms with Gasteiger partial charge in [-0.1, -0.05) is 12.1 Å². The van der Waals surface area contributed by atoms with Crippen LogP contribution in [0.3, 0.4) is 0 Å². The van der Waals surface area contributed by atoms with Crippen LogP contribution in [-0.4, -0.2) is 34.6 Å². The summed E-state index contributed by atoms with van der Waals surface area (Å²) in [6, 6.07) is 13.9. The lowest BCUT2D eigenvalue weighted by atomic mass is 10.2. The Kier molecular flexibility index (Phi) is 6.42. The monoisotopic (exact) mass is 377 g/mol. The molecule has 28 heavy (non-hydrogen) atoms. The number of aryl methyl sites for hydroxylation is 1. The molecule has 6 nitrogen and oxygen atoms in total. The van der Waals surface area contributed by atoms with E-state index in [2.05, 4.69) is 20.2 Å². The molecule has 0 aliphatic carbocycles. The Morgan fingerprint density at radius 3 is 2.57 bits per heavy atom. The normalized spacial score (nSPS) is 10.8. The Bertz CT molecular complexity index is 898. The molecule has 0 spiro atoms. The summed E-state index contributed by atoms with van der Waals surface area (Å²) in [5.41, 5.74) is 3.02. The third kappa shape index (κ3) is 5.42. The molecule has 1 N–H and O–H groups in total. The lowest BCUT2D eigenvalue weighted by molar-refractivity contribution is 0.244. The van der Waals surface area contributed by atoms with Gasteiger partial charge < -0.3 is 15.0 Å². The van der Waals surface area contributed by atoms with Gasteiger partial charge in [-0.25, -0.2) is 4.98 Å². The fourth-order valence-electron chi connectivity index (χ4n) is 2.81. The molecule has 2 aromatic heterocycles. The molecule has 0 fully saturated rings. The first-order valence-corrected chi connectivity index (χ1v) is 9.49. The van der Waals surface area contributed by atoms with Crippen molar-refractivity contribution >= 4 is 17.5 Å². The zero-order chi connectivity index (χ0) is 19.9. The molecule has 3 aromatic rings. The van der Waals surface area contributed by atoms with Gasteiger partial charge in [0.1, 0.15) is 11.6 Å². The van der Waals surface area contributed by atoms with Crippen LogP contribution in [0, 0.1) is 6.92 Å². The number of pyridine rings is 1. The summed E-state index contributed by atoms with van der Waals surface area (Å²) in [7, 11) is 2.04. The maximum absolute atomic E-state index is 5.88. The third-order valence-electron chi connectivity index (χ3n) is 4.21. The van der Waals surface area contributed by atoms with Crippen LogP contribution in [-0.2, 0) is 6.42 Å². The van der Waals surface area contributed by atoms with Crippen LogP contribution in [0.4, 0.5) is 17.5 Å². The van der Waals surface area contributed by atoms with Crippen LogP contribution < -0.4 is 15.0 Å². The van der Waals surface area contributed by atoms with Crippen molar-refractivity contribution in [2.24, 2.45) is 0 Å². The number of benzene rings is 1. The van der Waals surface area contributed by atoms with Crippen LogP contribution in [0.5, 0.6) is 5.75 Å². The SMILES string of the molecule is Cc1cc(N(C)CCc2ccncc2)nc(Nc2ccccc2OC(C)C)n1. The zero-order valence-electron chi connectivity index (χ0n) is 16.9. The van der Waals surface area contributed by atoms with E-state index < -0.39 is 0 Å². The van der Waals surface area contributed by atoms with Crippen LogP contribution in [0.25, 0.3) is 0 Å². The molecule has 0 saturated carbocycles. The zero-order valence-corrected chi connectivity index (χ0v) is 16.9. The van der Waals surface area contributed by atoms with Crippen LogP contribution in [0.2, 0.25) is 0 Å². The third-order valence-corrected chi connectivity index (χ3v) is 4.21. The molecule has 0 amide bonds. The molecule has 0 aliphatic rings. The molecule has 0 aliphatic heterocycles. The molecular formula is C22H27N5O. The summed E-state index contributed by atoms with van der Waals surface area (Å²) in [4.78, 5) is 15.4. The number of nitrogens with one attached hydrogen (secondary N) is 1. The number of likely N-dealkylation sites (N-methyl/N-ethyl adjacent to an activating group) is 1. The number of para-hydroxylation sites is 2. The first-order chi connectivity index (χ1) is 13.5. The highest BCUT2D eigenvalue weighted by Crippen LogP contribution is 2.27. The second-order valence-corrected chi connectivity index (χ2v) is 7.01. The smallest absolute Gasteiger partial charge is 0.229 e. The van der Waals surface area contributed by atoms with Crippen molar-refractivity contribution in [2.75, 3.05) is 23.8 Å². The number of aromatic nitrogens is 3. The van der Waals surface area contributed by atoms with E-state index >= 15 is 0 Å². The molecule has 0 atom stereocenters. The fourth-order valence-corrected chi connectivity index (χ4v) is 2.81. The Morgan fingerprint density at radius 2 is 1.82 bits per heavy atom. The van der Waals surface area contributed by atoms with Crippen molar-refractivity contribution in [1.29, 1.82) is 0 Å². The van der Waals surface area contributed by atoms with Gasteiger partial charge in [0, 0.05) is 37.7 Å². The van der Waals surface area contributed by atoms with Crippen molar-refractivity contribution < 1.29 is 4.74 Å². The van der Waals surface area contributed by atoms with Crippen molar-refractivity contribution in [3.63, 3.8) is 0 Å². The van der Waals surface area contributed by atoms with Crippen LogP contribution in [0.1, 0.15) is 25.1 Å². The van der Waals surface area contributed by atoms with Crippen LogP contribution in [0.15, 0.2) is 54.9 Å². The van der Waals surface area contributed by atoms with Gasteiger partial charge in [-0.05, 0) is 57.0 Å². The number of rotatable bonds is 8. The van der Waals surface area contributed by atoms with E-state index in [9.17, 15) is 0 Å².